The Kier molecular flexibility index (Phi) is 6.24. The molecule has 6 heteroatoms. The molecule has 1 rings (SSSR count). The van der Waals surface area contributed by atoms with Crippen molar-refractivity contribution in [2.24, 2.45) is 5.73 Å². The molecule has 0 aromatic heterocycles. The monoisotopic (exact) mass is 279 g/mol. The number of benzene rings is 1. The van der Waals surface area contributed by atoms with E-state index in [-0.39, 0.29) is 18.3 Å². The molecule has 2 nitrogen and oxygen atoms in total. The van der Waals surface area contributed by atoms with Crippen LogP contribution in [0.4, 0.5) is 17.6 Å². The van der Waals surface area contributed by atoms with E-state index in [4.69, 9.17) is 5.73 Å². The van der Waals surface area contributed by atoms with E-state index < -0.39 is 12.8 Å². The fourth-order valence-electron chi connectivity index (χ4n) is 1.80. The van der Waals surface area contributed by atoms with E-state index in [1.807, 2.05) is 0 Å². The minimum atomic E-state index is -4.30. The van der Waals surface area contributed by atoms with E-state index >= 15 is 0 Å². The van der Waals surface area contributed by atoms with Gasteiger partial charge in [-0.15, -0.1) is 0 Å². The highest BCUT2D eigenvalue weighted by atomic mass is 19.4. The maximum absolute atomic E-state index is 13.0. The molecule has 0 spiro atoms. The zero-order valence-corrected chi connectivity index (χ0v) is 10.4. The van der Waals surface area contributed by atoms with Gasteiger partial charge in [0.1, 0.15) is 12.4 Å². The number of rotatable bonds is 7. The Hall–Kier alpha value is -1.14. The summed E-state index contributed by atoms with van der Waals surface area (Å²) in [6, 6.07) is 6.09. The first kappa shape index (κ1) is 15.9. The standard InChI is InChI=1S/C13H17F4NO/c14-12-5-1-3-10(7-12)11(8-18)4-2-6-19-9-13(15,16)17/h1,3,5,7,11H,2,4,6,8-9,18H2. The average Bonchev–Trinajstić information content (AvgIpc) is 2.32. The lowest BCUT2D eigenvalue weighted by Gasteiger charge is -2.15. The van der Waals surface area contributed by atoms with Crippen molar-refractivity contribution < 1.29 is 22.3 Å². The molecule has 1 aromatic carbocycles. The number of ether oxygens (including phenoxy) is 1. The lowest BCUT2D eigenvalue weighted by molar-refractivity contribution is -0.174. The second-order valence-electron chi connectivity index (χ2n) is 4.30. The second kappa shape index (κ2) is 7.45. The van der Waals surface area contributed by atoms with E-state index in [0.29, 0.717) is 19.4 Å². The molecule has 19 heavy (non-hydrogen) atoms. The zero-order valence-electron chi connectivity index (χ0n) is 10.4. The summed E-state index contributed by atoms with van der Waals surface area (Å²) in [5.41, 5.74) is 6.36. The van der Waals surface area contributed by atoms with Crippen LogP contribution in [0.15, 0.2) is 24.3 Å². The van der Waals surface area contributed by atoms with Gasteiger partial charge in [-0.2, -0.15) is 13.2 Å². The van der Waals surface area contributed by atoms with Crippen molar-refractivity contribution in [2.75, 3.05) is 19.8 Å². The van der Waals surface area contributed by atoms with E-state index in [2.05, 4.69) is 4.74 Å². The van der Waals surface area contributed by atoms with Crippen LogP contribution < -0.4 is 5.73 Å². The van der Waals surface area contributed by atoms with Crippen LogP contribution >= 0.6 is 0 Å². The molecule has 1 atom stereocenters. The Morgan fingerprint density at radius 3 is 2.58 bits per heavy atom. The van der Waals surface area contributed by atoms with Gasteiger partial charge in [-0.05, 0) is 43.0 Å². The van der Waals surface area contributed by atoms with Gasteiger partial charge in [-0.25, -0.2) is 4.39 Å². The minimum absolute atomic E-state index is 0.0192. The van der Waals surface area contributed by atoms with Gasteiger partial charge in [0, 0.05) is 6.61 Å². The van der Waals surface area contributed by atoms with E-state index in [1.165, 1.54) is 12.1 Å². The summed E-state index contributed by atoms with van der Waals surface area (Å²) in [5.74, 6) is -0.408. The van der Waals surface area contributed by atoms with Crippen LogP contribution in [0, 0.1) is 5.82 Å². The average molecular weight is 279 g/mol. The molecule has 0 aliphatic carbocycles. The predicted octanol–water partition coefficient (Wildman–Crippen LogP) is 3.23. The molecule has 0 saturated carbocycles. The SMILES string of the molecule is NCC(CCCOCC(F)(F)F)c1cccc(F)c1. The predicted molar refractivity (Wildman–Crippen MR) is 64.3 cm³/mol. The molecule has 0 amide bonds. The van der Waals surface area contributed by atoms with Crippen molar-refractivity contribution in [2.45, 2.75) is 24.9 Å². The first-order valence-corrected chi connectivity index (χ1v) is 6.02. The highest BCUT2D eigenvalue weighted by Crippen LogP contribution is 2.21. The van der Waals surface area contributed by atoms with Crippen LogP contribution in [-0.4, -0.2) is 25.9 Å². The van der Waals surface area contributed by atoms with Gasteiger partial charge in [0.15, 0.2) is 0 Å². The van der Waals surface area contributed by atoms with Crippen LogP contribution in [0.1, 0.15) is 24.3 Å². The fraction of sp³-hybridized carbons (Fsp3) is 0.538. The largest absolute Gasteiger partial charge is 0.411 e. The second-order valence-corrected chi connectivity index (χ2v) is 4.30. The van der Waals surface area contributed by atoms with Crippen molar-refractivity contribution in [1.29, 1.82) is 0 Å². The highest BCUT2D eigenvalue weighted by Gasteiger charge is 2.27. The van der Waals surface area contributed by atoms with Crippen LogP contribution in [-0.2, 0) is 4.74 Å². The third-order valence-corrected chi connectivity index (χ3v) is 2.71. The summed E-state index contributed by atoms with van der Waals surface area (Å²) in [7, 11) is 0. The van der Waals surface area contributed by atoms with Crippen molar-refractivity contribution in [1.82, 2.24) is 0 Å². The summed E-state index contributed by atoms with van der Waals surface area (Å²) in [5, 5.41) is 0. The Labute approximate surface area is 109 Å². The molecule has 0 bridgehead atoms. The van der Waals surface area contributed by atoms with Crippen LogP contribution in [0.5, 0.6) is 0 Å². The van der Waals surface area contributed by atoms with Gasteiger partial charge in [0.05, 0.1) is 0 Å². The molecule has 0 aliphatic heterocycles. The summed E-state index contributed by atoms with van der Waals surface area (Å²) in [6.45, 7) is -0.895. The van der Waals surface area contributed by atoms with Crippen molar-refractivity contribution in [3.63, 3.8) is 0 Å². The molecule has 108 valence electrons. The lowest BCUT2D eigenvalue weighted by atomic mass is 9.94. The van der Waals surface area contributed by atoms with E-state index in [9.17, 15) is 17.6 Å². The summed E-state index contributed by atoms with van der Waals surface area (Å²) < 4.78 is 53.1. The van der Waals surface area contributed by atoms with Gasteiger partial charge in [-0.1, -0.05) is 12.1 Å². The van der Waals surface area contributed by atoms with Gasteiger partial charge in [-0.3, -0.25) is 0 Å². The van der Waals surface area contributed by atoms with Crippen molar-refractivity contribution >= 4 is 0 Å². The first-order chi connectivity index (χ1) is 8.92. The van der Waals surface area contributed by atoms with E-state index in [0.717, 1.165) is 5.56 Å². The zero-order chi connectivity index (χ0) is 14.3. The Balaban J connectivity index is 2.34. The topological polar surface area (TPSA) is 35.2 Å². The van der Waals surface area contributed by atoms with E-state index in [1.54, 1.807) is 12.1 Å². The molecule has 0 fully saturated rings. The van der Waals surface area contributed by atoms with Gasteiger partial charge >= 0.3 is 6.18 Å². The number of alkyl halides is 3. The molecule has 0 heterocycles. The molecule has 0 aliphatic rings. The molecule has 0 saturated heterocycles. The highest BCUT2D eigenvalue weighted by molar-refractivity contribution is 5.20. The lowest BCUT2D eigenvalue weighted by Crippen LogP contribution is -2.18. The molecule has 1 aromatic rings. The summed E-state index contributed by atoms with van der Waals surface area (Å²) >= 11 is 0. The minimum Gasteiger partial charge on any atom is -0.372 e. The molecule has 1 unspecified atom stereocenters. The smallest absolute Gasteiger partial charge is 0.372 e. The van der Waals surface area contributed by atoms with Crippen molar-refractivity contribution in [3.05, 3.63) is 35.6 Å². The van der Waals surface area contributed by atoms with Crippen LogP contribution in [0.25, 0.3) is 0 Å². The molecular formula is C13H17F4NO. The first-order valence-electron chi connectivity index (χ1n) is 6.02. The normalized spacial score (nSPS) is 13.5. The molecular weight excluding hydrogens is 262 g/mol. The van der Waals surface area contributed by atoms with Crippen LogP contribution in [0.2, 0.25) is 0 Å². The number of hydrogen-bond acceptors (Lipinski definition) is 2. The molecule has 2 N–H and O–H groups in total. The van der Waals surface area contributed by atoms with Crippen molar-refractivity contribution in [3.8, 4) is 0 Å². The van der Waals surface area contributed by atoms with Gasteiger partial charge in [0.2, 0.25) is 0 Å². The Morgan fingerprint density at radius 1 is 1.26 bits per heavy atom. The number of hydrogen-bond donors (Lipinski definition) is 1. The van der Waals surface area contributed by atoms with Gasteiger partial charge in [0.25, 0.3) is 0 Å². The third kappa shape index (κ3) is 6.54. The molecule has 0 radical (unpaired) electrons. The van der Waals surface area contributed by atoms with Crippen LogP contribution in [0.3, 0.4) is 0 Å². The summed E-state index contributed by atoms with van der Waals surface area (Å²) in [4.78, 5) is 0. The fourth-order valence-corrected chi connectivity index (χ4v) is 1.80. The third-order valence-electron chi connectivity index (χ3n) is 2.71. The van der Waals surface area contributed by atoms with Gasteiger partial charge < -0.3 is 10.5 Å². The maximum atomic E-state index is 13.0. The Morgan fingerprint density at radius 2 is 2.00 bits per heavy atom. The number of halogens is 4. The number of nitrogens with two attached hydrogens (primary N) is 1. The quantitative estimate of drug-likeness (QED) is 0.614. The maximum Gasteiger partial charge on any atom is 0.411 e. The Bertz CT molecular complexity index is 381. The summed E-state index contributed by atoms with van der Waals surface area (Å²) in [6.07, 6.45) is -3.28.